The zero-order chi connectivity index (χ0) is 14.2. The summed E-state index contributed by atoms with van der Waals surface area (Å²) in [4.78, 5) is 20.3. The number of rotatable bonds is 2. The molecule has 1 aliphatic heterocycles. The Morgan fingerprint density at radius 1 is 1.19 bits per heavy atom. The van der Waals surface area contributed by atoms with Crippen LogP contribution in [0.25, 0.3) is 10.2 Å². The highest BCUT2D eigenvalue weighted by atomic mass is 32.1. The van der Waals surface area contributed by atoms with E-state index in [1.807, 2.05) is 12.1 Å². The first-order valence-electron chi connectivity index (χ1n) is 6.21. The number of fused-ring (bicyclic) bond motifs is 2. The van der Waals surface area contributed by atoms with E-state index in [1.165, 1.54) is 11.3 Å². The highest BCUT2D eigenvalue weighted by molar-refractivity contribution is 7.22. The lowest BCUT2D eigenvalue weighted by atomic mass is 10.2. The van der Waals surface area contributed by atoms with E-state index >= 15 is 0 Å². The summed E-state index contributed by atoms with van der Waals surface area (Å²) < 4.78 is 11.6. The Morgan fingerprint density at radius 3 is 2.76 bits per heavy atom. The number of ether oxygens (including phenoxy) is 2. The van der Waals surface area contributed by atoms with Gasteiger partial charge in [-0.1, -0.05) is 11.3 Å². The summed E-state index contributed by atoms with van der Waals surface area (Å²) in [5, 5.41) is 3.32. The molecule has 3 heterocycles. The lowest BCUT2D eigenvalue weighted by Crippen LogP contribution is -2.11. The van der Waals surface area contributed by atoms with Crippen LogP contribution in [0.2, 0.25) is 0 Å². The molecule has 1 N–H and O–H groups in total. The van der Waals surface area contributed by atoms with E-state index in [-0.39, 0.29) is 12.7 Å². The molecular weight excluding hydrogens is 290 g/mol. The molecule has 0 radical (unpaired) electrons. The van der Waals surface area contributed by atoms with Gasteiger partial charge in [0.05, 0.1) is 10.2 Å². The van der Waals surface area contributed by atoms with Crippen LogP contribution in [0.4, 0.5) is 5.13 Å². The topological polar surface area (TPSA) is 73.3 Å². The smallest absolute Gasteiger partial charge is 0.257 e. The number of carbonyl (C=O) groups is 1. The number of benzene rings is 1. The van der Waals surface area contributed by atoms with E-state index in [1.54, 1.807) is 24.5 Å². The Morgan fingerprint density at radius 2 is 1.95 bits per heavy atom. The van der Waals surface area contributed by atoms with Gasteiger partial charge < -0.3 is 9.47 Å². The molecule has 0 fully saturated rings. The van der Waals surface area contributed by atoms with Crippen molar-refractivity contribution in [2.45, 2.75) is 0 Å². The van der Waals surface area contributed by atoms with Crippen molar-refractivity contribution in [3.05, 3.63) is 42.2 Å². The molecule has 1 aliphatic rings. The second-order valence-corrected chi connectivity index (χ2v) is 5.41. The number of hydrogen-bond donors (Lipinski definition) is 1. The predicted molar refractivity (Wildman–Crippen MR) is 77.9 cm³/mol. The second-order valence-electron chi connectivity index (χ2n) is 4.38. The summed E-state index contributed by atoms with van der Waals surface area (Å²) in [5.41, 5.74) is 1.31. The summed E-state index contributed by atoms with van der Waals surface area (Å²) >= 11 is 1.39. The van der Waals surface area contributed by atoms with Crippen LogP contribution < -0.4 is 14.8 Å². The largest absolute Gasteiger partial charge is 0.454 e. The molecule has 0 saturated heterocycles. The summed E-state index contributed by atoms with van der Waals surface area (Å²) in [5.74, 6) is 1.18. The highest BCUT2D eigenvalue weighted by Gasteiger charge is 2.17. The number of nitrogens with one attached hydrogen (secondary N) is 1. The zero-order valence-corrected chi connectivity index (χ0v) is 11.5. The van der Waals surface area contributed by atoms with Crippen LogP contribution in [0, 0.1) is 0 Å². The van der Waals surface area contributed by atoms with Crippen molar-refractivity contribution >= 4 is 32.6 Å². The van der Waals surface area contributed by atoms with Gasteiger partial charge in [0.15, 0.2) is 16.6 Å². The molecule has 4 rings (SSSR count). The molecule has 0 bridgehead atoms. The lowest BCUT2D eigenvalue weighted by molar-refractivity contribution is 0.102. The molecule has 0 atom stereocenters. The first-order chi connectivity index (χ1) is 10.3. The average molecular weight is 299 g/mol. The zero-order valence-electron chi connectivity index (χ0n) is 10.7. The molecule has 6 nitrogen and oxygen atoms in total. The van der Waals surface area contributed by atoms with Gasteiger partial charge in [-0.05, 0) is 12.1 Å². The van der Waals surface area contributed by atoms with Crippen molar-refractivity contribution in [3.8, 4) is 11.5 Å². The van der Waals surface area contributed by atoms with Crippen LogP contribution in [-0.2, 0) is 0 Å². The number of hydrogen-bond acceptors (Lipinski definition) is 6. The van der Waals surface area contributed by atoms with Gasteiger partial charge in [0.25, 0.3) is 5.91 Å². The molecule has 0 saturated carbocycles. The summed E-state index contributed by atoms with van der Waals surface area (Å²) in [6, 6.07) is 6.99. The van der Waals surface area contributed by atoms with Gasteiger partial charge in [0, 0.05) is 30.1 Å². The third kappa shape index (κ3) is 2.17. The standard InChI is InChI=1S/C14H9N3O3S/c18-13(8-1-3-15-4-2-8)17-14-16-9-5-10-11(20-7-19-10)6-12(9)21-14/h1-6H,7H2,(H,16,17,18). The maximum absolute atomic E-state index is 12.1. The number of pyridine rings is 1. The van der Waals surface area contributed by atoms with Gasteiger partial charge in [-0.25, -0.2) is 4.98 Å². The molecule has 7 heteroatoms. The van der Waals surface area contributed by atoms with Crippen molar-refractivity contribution < 1.29 is 14.3 Å². The predicted octanol–water partition coefficient (Wildman–Crippen LogP) is 2.67. The number of thiazole rings is 1. The number of amides is 1. The fourth-order valence-electron chi connectivity index (χ4n) is 2.04. The molecule has 0 aliphatic carbocycles. The summed E-state index contributed by atoms with van der Waals surface area (Å²) in [6.45, 7) is 0.234. The molecule has 1 amide bonds. The van der Waals surface area contributed by atoms with Crippen LogP contribution >= 0.6 is 11.3 Å². The molecule has 1 aromatic carbocycles. The van der Waals surface area contributed by atoms with Crippen molar-refractivity contribution in [1.82, 2.24) is 9.97 Å². The minimum absolute atomic E-state index is 0.212. The average Bonchev–Trinajstić information content (AvgIpc) is 3.10. The maximum Gasteiger partial charge on any atom is 0.257 e. The quantitative estimate of drug-likeness (QED) is 0.787. The van der Waals surface area contributed by atoms with E-state index in [9.17, 15) is 4.79 Å². The van der Waals surface area contributed by atoms with Gasteiger partial charge >= 0.3 is 0 Å². The molecule has 104 valence electrons. The lowest BCUT2D eigenvalue weighted by Gasteiger charge is -1.99. The van der Waals surface area contributed by atoms with Gasteiger partial charge in [-0.3, -0.25) is 15.1 Å². The minimum Gasteiger partial charge on any atom is -0.454 e. The molecule has 2 aromatic heterocycles. The Hall–Kier alpha value is -2.67. The van der Waals surface area contributed by atoms with Gasteiger partial charge in [-0.15, -0.1) is 0 Å². The van der Waals surface area contributed by atoms with Crippen LogP contribution in [0.5, 0.6) is 11.5 Å². The normalized spacial score (nSPS) is 12.6. The fourth-order valence-corrected chi connectivity index (χ4v) is 2.92. The van der Waals surface area contributed by atoms with Crippen LogP contribution in [-0.4, -0.2) is 22.7 Å². The van der Waals surface area contributed by atoms with Gasteiger partial charge in [-0.2, -0.15) is 0 Å². The monoisotopic (exact) mass is 299 g/mol. The Bertz CT molecular complexity index is 791. The number of aromatic nitrogens is 2. The fraction of sp³-hybridized carbons (Fsp3) is 0.0714. The van der Waals surface area contributed by atoms with Crippen molar-refractivity contribution in [1.29, 1.82) is 0 Å². The van der Waals surface area contributed by atoms with E-state index in [2.05, 4.69) is 15.3 Å². The summed E-state index contributed by atoms with van der Waals surface area (Å²) in [7, 11) is 0. The minimum atomic E-state index is -0.212. The van der Waals surface area contributed by atoms with Crippen LogP contribution in [0.1, 0.15) is 10.4 Å². The first kappa shape index (κ1) is 12.1. The number of nitrogens with zero attached hydrogens (tertiary/aromatic N) is 2. The molecule has 0 unspecified atom stereocenters. The van der Waals surface area contributed by atoms with E-state index in [0.717, 1.165) is 10.2 Å². The Balaban J connectivity index is 1.64. The van der Waals surface area contributed by atoms with Gasteiger partial charge in [0.1, 0.15) is 0 Å². The Kier molecular flexibility index (Phi) is 2.71. The molecular formula is C14H9N3O3S. The van der Waals surface area contributed by atoms with E-state index in [4.69, 9.17) is 9.47 Å². The van der Waals surface area contributed by atoms with Crippen LogP contribution in [0.15, 0.2) is 36.7 Å². The molecule has 3 aromatic rings. The first-order valence-corrected chi connectivity index (χ1v) is 7.03. The number of anilines is 1. The van der Waals surface area contributed by atoms with Gasteiger partial charge in [0.2, 0.25) is 6.79 Å². The maximum atomic E-state index is 12.1. The van der Waals surface area contributed by atoms with E-state index < -0.39 is 0 Å². The third-order valence-corrected chi connectivity index (χ3v) is 3.98. The van der Waals surface area contributed by atoms with E-state index in [0.29, 0.717) is 22.2 Å². The van der Waals surface area contributed by atoms with Crippen molar-refractivity contribution in [2.75, 3.05) is 12.1 Å². The second kappa shape index (κ2) is 4.71. The molecule has 21 heavy (non-hydrogen) atoms. The summed E-state index contributed by atoms with van der Waals surface area (Å²) in [6.07, 6.45) is 3.15. The van der Waals surface area contributed by atoms with Crippen LogP contribution in [0.3, 0.4) is 0 Å². The Labute approximate surface area is 123 Å². The third-order valence-electron chi connectivity index (χ3n) is 3.05. The SMILES string of the molecule is O=C(Nc1nc2cc3c(cc2s1)OCO3)c1ccncc1. The van der Waals surface area contributed by atoms with Crippen molar-refractivity contribution in [2.24, 2.45) is 0 Å². The highest BCUT2D eigenvalue weighted by Crippen LogP contribution is 2.38. The number of carbonyl (C=O) groups excluding carboxylic acids is 1. The van der Waals surface area contributed by atoms with Crippen molar-refractivity contribution in [3.63, 3.8) is 0 Å². The molecule has 0 spiro atoms.